The van der Waals surface area contributed by atoms with E-state index in [1.807, 2.05) is 11.0 Å². The maximum Gasteiger partial charge on any atom is 0.320 e. The molecule has 0 spiro atoms. The first-order valence-electron chi connectivity index (χ1n) is 5.25. The molecule has 1 atom stereocenters. The molecule has 0 aromatic carbocycles. The lowest BCUT2D eigenvalue weighted by Crippen LogP contribution is -2.43. The third-order valence-electron chi connectivity index (χ3n) is 2.86. The zero-order valence-electron chi connectivity index (χ0n) is 8.56. The van der Waals surface area contributed by atoms with Gasteiger partial charge in [0.25, 0.3) is 0 Å². The number of rotatable bonds is 3. The second-order valence-electron chi connectivity index (χ2n) is 3.95. The van der Waals surface area contributed by atoms with E-state index >= 15 is 0 Å². The van der Waals surface area contributed by atoms with Crippen molar-refractivity contribution >= 4 is 5.97 Å². The third-order valence-corrected chi connectivity index (χ3v) is 2.86. The van der Waals surface area contributed by atoms with Crippen LogP contribution in [0.3, 0.4) is 0 Å². The Morgan fingerprint density at radius 1 is 1.60 bits per heavy atom. The fraction of sp³-hybridized carbons (Fsp3) is 0.545. The molecule has 0 aliphatic carbocycles. The Morgan fingerprint density at radius 2 is 2.47 bits per heavy atom. The average molecular weight is 209 g/mol. The molecule has 0 bridgehead atoms. The fourth-order valence-electron chi connectivity index (χ4n) is 2.08. The van der Waals surface area contributed by atoms with E-state index in [1.165, 1.54) is 0 Å². The van der Waals surface area contributed by atoms with Gasteiger partial charge < -0.3 is 9.52 Å². The number of furan rings is 1. The van der Waals surface area contributed by atoms with Crippen LogP contribution in [0.25, 0.3) is 0 Å². The molecule has 0 saturated carbocycles. The van der Waals surface area contributed by atoms with Gasteiger partial charge >= 0.3 is 5.97 Å². The summed E-state index contributed by atoms with van der Waals surface area (Å²) in [5.41, 5.74) is 1.04. The summed E-state index contributed by atoms with van der Waals surface area (Å²) in [6.45, 7) is 1.54. The molecule has 1 saturated heterocycles. The van der Waals surface area contributed by atoms with Gasteiger partial charge in [-0.05, 0) is 25.5 Å². The van der Waals surface area contributed by atoms with Gasteiger partial charge in [0, 0.05) is 12.1 Å². The maximum atomic E-state index is 11.0. The summed E-state index contributed by atoms with van der Waals surface area (Å²) in [6.07, 6.45) is 6.15. The molecule has 4 nitrogen and oxygen atoms in total. The van der Waals surface area contributed by atoms with Crippen LogP contribution in [0.2, 0.25) is 0 Å². The van der Waals surface area contributed by atoms with Gasteiger partial charge in [-0.15, -0.1) is 0 Å². The topological polar surface area (TPSA) is 53.7 Å². The normalized spacial score (nSPS) is 22.8. The highest BCUT2D eigenvalue weighted by Crippen LogP contribution is 2.19. The van der Waals surface area contributed by atoms with E-state index in [4.69, 9.17) is 9.52 Å². The molecular weight excluding hydrogens is 194 g/mol. The smallest absolute Gasteiger partial charge is 0.320 e. The number of carbonyl (C=O) groups is 1. The van der Waals surface area contributed by atoms with Crippen LogP contribution in [0.5, 0.6) is 0 Å². The molecule has 2 rings (SSSR count). The van der Waals surface area contributed by atoms with E-state index in [2.05, 4.69) is 0 Å². The van der Waals surface area contributed by atoms with Gasteiger partial charge in [-0.1, -0.05) is 6.42 Å². The summed E-state index contributed by atoms with van der Waals surface area (Å²) in [6, 6.07) is 1.56. The van der Waals surface area contributed by atoms with Gasteiger partial charge in [0.1, 0.15) is 6.04 Å². The molecular formula is C11H15NO3. The van der Waals surface area contributed by atoms with Crippen LogP contribution in [-0.2, 0) is 11.3 Å². The highest BCUT2D eigenvalue weighted by molar-refractivity contribution is 5.73. The Hall–Kier alpha value is -1.29. The second-order valence-corrected chi connectivity index (χ2v) is 3.95. The van der Waals surface area contributed by atoms with E-state index in [0.717, 1.165) is 31.4 Å². The molecule has 1 N–H and O–H groups in total. The predicted molar refractivity (Wildman–Crippen MR) is 54.4 cm³/mol. The largest absolute Gasteiger partial charge is 0.480 e. The number of piperidine rings is 1. The van der Waals surface area contributed by atoms with Crippen molar-refractivity contribution in [2.24, 2.45) is 0 Å². The second kappa shape index (κ2) is 4.49. The first kappa shape index (κ1) is 10.2. The van der Waals surface area contributed by atoms with Gasteiger partial charge in [0.15, 0.2) is 0 Å². The molecule has 82 valence electrons. The minimum atomic E-state index is -0.710. The number of hydrogen-bond donors (Lipinski definition) is 1. The molecule has 2 heterocycles. The highest BCUT2D eigenvalue weighted by atomic mass is 16.4. The van der Waals surface area contributed by atoms with Crippen LogP contribution >= 0.6 is 0 Å². The van der Waals surface area contributed by atoms with E-state index < -0.39 is 5.97 Å². The van der Waals surface area contributed by atoms with Crippen molar-refractivity contribution in [3.8, 4) is 0 Å². The van der Waals surface area contributed by atoms with Crippen LogP contribution < -0.4 is 0 Å². The van der Waals surface area contributed by atoms with Crippen molar-refractivity contribution in [1.29, 1.82) is 0 Å². The molecule has 1 fully saturated rings. The Morgan fingerprint density at radius 3 is 3.13 bits per heavy atom. The molecule has 1 aromatic heterocycles. The first-order chi connectivity index (χ1) is 7.27. The van der Waals surface area contributed by atoms with Crippen LogP contribution in [0, 0.1) is 0 Å². The van der Waals surface area contributed by atoms with E-state index in [9.17, 15) is 4.79 Å². The Kier molecular flexibility index (Phi) is 3.06. The number of nitrogens with zero attached hydrogens (tertiary/aromatic N) is 1. The first-order valence-corrected chi connectivity index (χ1v) is 5.25. The Labute approximate surface area is 88.5 Å². The minimum absolute atomic E-state index is 0.325. The summed E-state index contributed by atoms with van der Waals surface area (Å²) < 4.78 is 4.98. The third kappa shape index (κ3) is 2.39. The summed E-state index contributed by atoms with van der Waals surface area (Å²) in [7, 11) is 0. The molecule has 1 aliphatic heterocycles. The zero-order chi connectivity index (χ0) is 10.7. The van der Waals surface area contributed by atoms with Crippen LogP contribution in [0.15, 0.2) is 23.0 Å². The van der Waals surface area contributed by atoms with Crippen molar-refractivity contribution in [3.63, 3.8) is 0 Å². The highest BCUT2D eigenvalue weighted by Gasteiger charge is 2.28. The molecule has 1 unspecified atom stereocenters. The van der Waals surface area contributed by atoms with Crippen molar-refractivity contribution in [3.05, 3.63) is 24.2 Å². The Balaban J connectivity index is 2.02. The Bertz CT molecular complexity index is 321. The average Bonchev–Trinajstić information content (AvgIpc) is 2.71. The van der Waals surface area contributed by atoms with Gasteiger partial charge in [0.2, 0.25) is 0 Å². The summed E-state index contributed by atoms with van der Waals surface area (Å²) in [4.78, 5) is 13.0. The molecule has 4 heteroatoms. The van der Waals surface area contributed by atoms with Crippen molar-refractivity contribution < 1.29 is 14.3 Å². The van der Waals surface area contributed by atoms with Gasteiger partial charge in [-0.2, -0.15) is 0 Å². The maximum absolute atomic E-state index is 11.0. The number of likely N-dealkylation sites (tertiary alicyclic amines) is 1. The van der Waals surface area contributed by atoms with Crippen LogP contribution in [0.1, 0.15) is 24.8 Å². The minimum Gasteiger partial charge on any atom is -0.480 e. The molecule has 1 aromatic rings. The number of carboxylic acid groups (broad SMARTS) is 1. The van der Waals surface area contributed by atoms with Crippen LogP contribution in [0.4, 0.5) is 0 Å². The van der Waals surface area contributed by atoms with Gasteiger partial charge in [-0.25, -0.2) is 0 Å². The van der Waals surface area contributed by atoms with Gasteiger partial charge in [-0.3, -0.25) is 9.69 Å². The van der Waals surface area contributed by atoms with Crippen molar-refractivity contribution in [1.82, 2.24) is 4.90 Å². The fourth-order valence-corrected chi connectivity index (χ4v) is 2.08. The quantitative estimate of drug-likeness (QED) is 0.823. The van der Waals surface area contributed by atoms with Crippen molar-refractivity contribution in [2.45, 2.75) is 31.8 Å². The number of aliphatic carboxylic acids is 1. The molecule has 1 aliphatic rings. The predicted octanol–water partition coefficient (Wildman–Crippen LogP) is 1.72. The van der Waals surface area contributed by atoms with Gasteiger partial charge in [0.05, 0.1) is 12.5 Å². The lowest BCUT2D eigenvalue weighted by Gasteiger charge is -2.32. The lowest BCUT2D eigenvalue weighted by molar-refractivity contribution is -0.144. The SMILES string of the molecule is O=C(O)C1CCCCN1Cc1ccoc1. The van der Waals surface area contributed by atoms with E-state index in [1.54, 1.807) is 12.5 Å². The number of carboxylic acids is 1. The summed E-state index contributed by atoms with van der Waals surface area (Å²) in [5.74, 6) is -0.710. The number of hydrogen-bond acceptors (Lipinski definition) is 3. The monoisotopic (exact) mass is 209 g/mol. The molecule has 15 heavy (non-hydrogen) atoms. The zero-order valence-corrected chi connectivity index (χ0v) is 8.56. The van der Waals surface area contributed by atoms with E-state index in [-0.39, 0.29) is 6.04 Å². The lowest BCUT2D eigenvalue weighted by atomic mass is 10.0. The standard InChI is InChI=1S/C11H15NO3/c13-11(14)10-3-1-2-5-12(10)7-9-4-6-15-8-9/h4,6,8,10H,1-3,5,7H2,(H,13,14). The van der Waals surface area contributed by atoms with Crippen LogP contribution in [-0.4, -0.2) is 28.6 Å². The van der Waals surface area contributed by atoms with Crippen molar-refractivity contribution in [2.75, 3.05) is 6.54 Å². The summed E-state index contributed by atoms with van der Waals surface area (Å²) >= 11 is 0. The summed E-state index contributed by atoms with van der Waals surface area (Å²) in [5, 5.41) is 9.07. The molecule has 0 radical (unpaired) electrons. The van der Waals surface area contributed by atoms with E-state index in [0.29, 0.717) is 6.54 Å². The molecule has 0 amide bonds.